The Morgan fingerprint density at radius 1 is 0.957 bits per heavy atom. The highest BCUT2D eigenvalue weighted by atomic mass is 32.1. The van der Waals surface area contributed by atoms with Gasteiger partial charge in [-0.15, -0.1) is 11.3 Å². The minimum atomic E-state index is -4.81. The molecular weight excluding hydrogens is 940 g/mol. The first kappa shape index (κ1) is 51.2. The number of thiocarbonyl (C=S) groups is 1. The summed E-state index contributed by atoms with van der Waals surface area (Å²) >= 11 is 7.24. The molecule has 13 nitrogen and oxygen atoms in total. The zero-order valence-corrected chi connectivity index (χ0v) is 41.2. The van der Waals surface area contributed by atoms with Gasteiger partial charge in [-0.05, 0) is 116 Å². The van der Waals surface area contributed by atoms with E-state index in [9.17, 15) is 42.7 Å². The lowest BCUT2D eigenvalue weighted by molar-refractivity contribution is -0.144. The number of amides is 4. The van der Waals surface area contributed by atoms with E-state index in [0.29, 0.717) is 30.9 Å². The molecule has 4 aromatic carbocycles. The number of benzene rings is 4. The summed E-state index contributed by atoms with van der Waals surface area (Å²) in [6, 6.07) is 25.3. The van der Waals surface area contributed by atoms with Gasteiger partial charge >= 0.3 is 6.18 Å². The minimum absolute atomic E-state index is 0.000378. The first-order valence-corrected chi connectivity index (χ1v) is 24.1. The summed E-state index contributed by atoms with van der Waals surface area (Å²) in [5, 5.41) is 25.7. The van der Waals surface area contributed by atoms with E-state index in [4.69, 9.17) is 17.0 Å². The van der Waals surface area contributed by atoms with E-state index in [1.807, 2.05) is 88.4 Å². The van der Waals surface area contributed by atoms with Crippen LogP contribution in [-0.4, -0.2) is 80.6 Å². The number of ether oxygens (including phenoxy) is 1. The van der Waals surface area contributed by atoms with Gasteiger partial charge in [-0.3, -0.25) is 24.1 Å². The van der Waals surface area contributed by atoms with E-state index in [1.165, 1.54) is 11.0 Å². The molecular formula is C52H54F3N7O6S2. The highest BCUT2D eigenvalue weighted by Gasteiger charge is 2.51. The fourth-order valence-electron chi connectivity index (χ4n) is 8.60. The summed E-state index contributed by atoms with van der Waals surface area (Å²) in [4.78, 5) is 63.8. The molecule has 366 valence electrons. The van der Waals surface area contributed by atoms with Crippen molar-refractivity contribution in [2.45, 2.75) is 104 Å². The summed E-state index contributed by atoms with van der Waals surface area (Å²) in [6.07, 6.45) is -4.41. The molecule has 0 bridgehead atoms. The number of thiazole rings is 1. The van der Waals surface area contributed by atoms with Gasteiger partial charge in [0, 0.05) is 31.6 Å². The predicted molar refractivity (Wildman–Crippen MR) is 266 cm³/mol. The molecule has 0 aliphatic carbocycles. The smallest absolute Gasteiger partial charge is 0.417 e. The van der Waals surface area contributed by atoms with Crippen molar-refractivity contribution >= 4 is 63.7 Å². The summed E-state index contributed by atoms with van der Waals surface area (Å²) in [5.41, 5.74) is 3.23. The molecule has 7 rings (SSSR count). The molecule has 1 unspecified atom stereocenters. The third-order valence-electron chi connectivity index (χ3n) is 12.4. The maximum atomic E-state index is 14.0. The van der Waals surface area contributed by atoms with Crippen molar-refractivity contribution in [1.82, 2.24) is 20.5 Å². The van der Waals surface area contributed by atoms with Crippen LogP contribution in [0.15, 0.2) is 96.5 Å². The van der Waals surface area contributed by atoms with Crippen LogP contribution in [0, 0.1) is 23.7 Å². The number of aryl methyl sites for hydroxylation is 1. The number of nitrogens with zero attached hydrogens (tertiary/aromatic N) is 5. The first-order chi connectivity index (χ1) is 33.1. The molecule has 0 saturated carbocycles. The number of aromatic nitrogens is 1. The lowest BCUT2D eigenvalue weighted by Gasteiger charge is -2.35. The predicted octanol–water partition coefficient (Wildman–Crippen LogP) is 8.95. The molecule has 3 atom stereocenters. The molecule has 3 N–H and O–H groups in total. The van der Waals surface area contributed by atoms with Gasteiger partial charge in [-0.2, -0.15) is 18.4 Å². The average Bonchev–Trinajstić information content (AvgIpc) is 3.98. The van der Waals surface area contributed by atoms with E-state index in [2.05, 4.69) is 15.6 Å². The number of unbranched alkanes of at least 4 members (excludes halogenated alkanes) is 1. The van der Waals surface area contributed by atoms with Gasteiger partial charge in [0.05, 0.1) is 51.7 Å². The number of halogens is 3. The monoisotopic (exact) mass is 993 g/mol. The first-order valence-electron chi connectivity index (χ1n) is 22.8. The molecule has 0 radical (unpaired) electrons. The van der Waals surface area contributed by atoms with Crippen molar-refractivity contribution in [3.63, 3.8) is 0 Å². The van der Waals surface area contributed by atoms with Crippen LogP contribution in [0.1, 0.15) is 82.7 Å². The molecule has 2 fully saturated rings. The number of β-amino-alcohol motifs (C(OH)–C–C–N with tert-alkyl or cyclic N) is 1. The number of rotatable bonds is 15. The van der Waals surface area contributed by atoms with Crippen LogP contribution in [-0.2, 0) is 31.9 Å². The number of nitrogens with one attached hydrogen (secondary N) is 2. The van der Waals surface area contributed by atoms with Crippen LogP contribution in [0.5, 0.6) is 5.75 Å². The minimum Gasteiger partial charge on any atom is -0.494 e. The molecule has 4 amide bonds. The Balaban J connectivity index is 0.880. The largest absolute Gasteiger partial charge is 0.494 e. The van der Waals surface area contributed by atoms with E-state index in [-0.39, 0.29) is 48.5 Å². The Morgan fingerprint density at radius 3 is 2.19 bits per heavy atom. The van der Waals surface area contributed by atoms with Gasteiger partial charge in [0.1, 0.15) is 23.4 Å². The molecule has 18 heteroatoms. The molecule has 0 spiro atoms. The van der Waals surface area contributed by atoms with E-state index < -0.39 is 58.3 Å². The van der Waals surface area contributed by atoms with Crippen LogP contribution in [0.4, 0.5) is 24.5 Å². The second-order valence-electron chi connectivity index (χ2n) is 19.0. The van der Waals surface area contributed by atoms with Gasteiger partial charge in [0.2, 0.25) is 17.7 Å². The number of hydrogen-bond donors (Lipinski definition) is 3. The highest BCUT2D eigenvalue weighted by molar-refractivity contribution is 7.81. The quantitative estimate of drug-likeness (QED) is 0.0681. The Labute approximate surface area is 414 Å². The fourth-order valence-corrected chi connectivity index (χ4v) is 9.93. The number of likely N-dealkylation sites (tertiary alicyclic amines) is 1. The van der Waals surface area contributed by atoms with E-state index in [0.717, 1.165) is 49.9 Å². The number of aliphatic hydroxyl groups excluding tert-OH is 1. The third kappa shape index (κ3) is 11.2. The summed E-state index contributed by atoms with van der Waals surface area (Å²) in [6.45, 7) is 11.3. The second-order valence-corrected chi connectivity index (χ2v) is 20.2. The number of carbonyl (C=O) groups is 4. The Kier molecular flexibility index (Phi) is 15.2. The number of hydrogen-bond acceptors (Lipinski definition) is 10. The summed E-state index contributed by atoms with van der Waals surface area (Å²) < 4.78 is 47.3. The van der Waals surface area contributed by atoms with Gasteiger partial charge < -0.3 is 30.3 Å². The van der Waals surface area contributed by atoms with E-state index >= 15 is 0 Å². The average molecular weight is 994 g/mol. The lowest BCUT2D eigenvalue weighted by atomic mass is 9.85. The van der Waals surface area contributed by atoms with Crippen LogP contribution in [0.25, 0.3) is 21.6 Å². The summed E-state index contributed by atoms with van der Waals surface area (Å²) in [7, 11) is 0. The van der Waals surface area contributed by atoms with Crippen LogP contribution >= 0.6 is 23.6 Å². The number of anilines is 2. The zero-order valence-electron chi connectivity index (χ0n) is 39.6. The second kappa shape index (κ2) is 20.7. The van der Waals surface area contributed by atoms with Gasteiger partial charge in [0.25, 0.3) is 5.91 Å². The Hall–Kier alpha value is -6.68. The number of nitriles is 1. The van der Waals surface area contributed by atoms with Crippen molar-refractivity contribution < 1.29 is 42.2 Å². The fraction of sp³-hybridized carbons (Fsp3) is 0.365. The van der Waals surface area contributed by atoms with Crippen molar-refractivity contribution in [2.75, 3.05) is 23.0 Å². The standard InChI is InChI=1S/C52H54F3N7O6S2/c1-31-44(70-30-58-31)35-12-10-32(11-13-35)28-57-46(65)42-26-39(63)29-60(42)47(66)45(50(2,3)4)59-43(64)9-7-8-24-68-40-22-17-34(18-23-40)33-14-19-37(20-15-33)62-49(69)61(48(67)51(62,5)6)38-21-16-36(27-56)41(25-38)52(53,54)55/h10-23,25,30,39,42,45,63H,7-9,24,26,28-29H2,1-6H3,(H,57,65)(H,59,64)/t39-,42+,45?/m1/s1. The number of carbonyl (C=O) groups excluding carboxylic acids is 4. The third-order valence-corrected chi connectivity index (χ3v) is 13.8. The van der Waals surface area contributed by atoms with Crippen molar-refractivity contribution in [3.8, 4) is 33.4 Å². The lowest BCUT2D eigenvalue weighted by Crippen LogP contribution is -2.57. The van der Waals surface area contributed by atoms with Crippen molar-refractivity contribution in [1.29, 1.82) is 5.26 Å². The SMILES string of the molecule is Cc1ncsc1-c1ccc(CNC(=O)[C@@H]2C[C@@H](O)CN2C(=O)C(NC(=O)CCCCOc2ccc(-c3ccc(N4C(=S)N(c5ccc(C#N)c(C(F)(F)F)c5)C(=O)C4(C)C)cc3)cc2)C(C)(C)C)cc1. The van der Waals surface area contributed by atoms with Crippen LogP contribution in [0.3, 0.4) is 0 Å². The van der Waals surface area contributed by atoms with Crippen molar-refractivity contribution in [3.05, 3.63) is 119 Å². The van der Waals surface area contributed by atoms with Gasteiger partial charge in [0.15, 0.2) is 5.11 Å². The maximum absolute atomic E-state index is 14.0. The topological polar surface area (TPSA) is 168 Å². The summed E-state index contributed by atoms with van der Waals surface area (Å²) in [5.74, 6) is -1.02. The zero-order chi connectivity index (χ0) is 50.7. The molecule has 1 aromatic heterocycles. The number of aliphatic hydroxyl groups is 1. The van der Waals surface area contributed by atoms with Crippen LogP contribution in [0.2, 0.25) is 0 Å². The molecule has 70 heavy (non-hydrogen) atoms. The van der Waals surface area contributed by atoms with Gasteiger partial charge in [-0.1, -0.05) is 69.3 Å². The molecule has 5 aromatic rings. The highest BCUT2D eigenvalue weighted by Crippen LogP contribution is 2.40. The maximum Gasteiger partial charge on any atom is 0.417 e. The number of alkyl halides is 3. The normalized spacial score (nSPS) is 17.4. The molecule has 2 aliphatic rings. The molecule has 3 heterocycles. The van der Waals surface area contributed by atoms with Crippen LogP contribution < -0.4 is 25.2 Å². The van der Waals surface area contributed by atoms with Crippen molar-refractivity contribution in [2.24, 2.45) is 5.41 Å². The van der Waals surface area contributed by atoms with Gasteiger partial charge in [-0.25, -0.2) is 4.98 Å². The Bertz CT molecular complexity index is 2800. The molecule has 2 saturated heterocycles. The Morgan fingerprint density at radius 2 is 1.59 bits per heavy atom. The van der Waals surface area contributed by atoms with E-state index in [1.54, 1.807) is 53.8 Å². The molecule has 2 aliphatic heterocycles.